The number of pyridine rings is 2. The van der Waals surface area contributed by atoms with Crippen molar-refractivity contribution < 1.29 is 4.79 Å². The second-order valence-electron chi connectivity index (χ2n) is 10.8. The summed E-state index contributed by atoms with van der Waals surface area (Å²) >= 11 is 0. The second kappa shape index (κ2) is 14.1. The Kier molecular flexibility index (Phi) is 8.81. The molecule has 0 saturated heterocycles. The minimum atomic E-state index is 0.460. The molecule has 0 atom stereocenters. The lowest BCUT2D eigenvalue weighted by Gasteiger charge is -2.11. The van der Waals surface area contributed by atoms with Gasteiger partial charge >= 0.3 is 0 Å². The van der Waals surface area contributed by atoms with Crippen molar-refractivity contribution in [1.82, 2.24) is 39.2 Å². The molecule has 0 saturated carbocycles. The molecule has 234 valence electrons. The number of benzene rings is 2. The molecule has 8 rings (SSSR count). The lowest BCUT2D eigenvalue weighted by molar-refractivity contribution is 0.112. The standard InChI is InChI=1S/C19H15N5O.C18H15N5/c25-13-16-12-22-24-18(21-11-14-5-4-8-20-10-14)9-17(23-19(16)24)15-6-2-1-3-7-15;1-2-6-15(7-3-1)16-11-18(23-17(22-16)8-10-21-23)20-13-14-5-4-9-19-12-14/h1-10,12-13,21H,11H2;1-12,20H,13H2. The number of nitrogens with zero attached hydrogens (tertiary/aromatic N) is 8. The Morgan fingerprint density at radius 3 is 1.73 bits per heavy atom. The van der Waals surface area contributed by atoms with Crippen molar-refractivity contribution in [2.45, 2.75) is 13.1 Å². The van der Waals surface area contributed by atoms with E-state index >= 15 is 0 Å². The van der Waals surface area contributed by atoms with Gasteiger partial charge in [0.2, 0.25) is 0 Å². The van der Waals surface area contributed by atoms with Crippen molar-refractivity contribution in [2.24, 2.45) is 0 Å². The maximum atomic E-state index is 11.3. The molecule has 0 amide bonds. The van der Waals surface area contributed by atoms with Crippen LogP contribution in [-0.2, 0) is 13.1 Å². The molecule has 8 aromatic rings. The number of hydrogen-bond acceptors (Lipinski definition) is 9. The van der Waals surface area contributed by atoms with E-state index in [9.17, 15) is 4.79 Å². The fraction of sp³-hybridized carbons (Fsp3) is 0.0541. The number of rotatable bonds is 9. The molecule has 0 fully saturated rings. The van der Waals surface area contributed by atoms with E-state index in [0.29, 0.717) is 24.3 Å². The molecule has 6 aromatic heterocycles. The zero-order valence-corrected chi connectivity index (χ0v) is 25.8. The van der Waals surface area contributed by atoms with Crippen molar-refractivity contribution in [3.63, 3.8) is 0 Å². The highest BCUT2D eigenvalue weighted by molar-refractivity contribution is 5.85. The Hall–Kier alpha value is -6.75. The Labute approximate surface area is 276 Å². The molecule has 2 aromatic carbocycles. The maximum absolute atomic E-state index is 11.3. The quantitative estimate of drug-likeness (QED) is 0.169. The molecule has 2 N–H and O–H groups in total. The van der Waals surface area contributed by atoms with Crippen molar-refractivity contribution in [1.29, 1.82) is 0 Å². The first-order chi connectivity index (χ1) is 23.7. The molecule has 6 heterocycles. The highest BCUT2D eigenvalue weighted by Gasteiger charge is 2.12. The van der Waals surface area contributed by atoms with Gasteiger partial charge in [0.1, 0.15) is 11.6 Å². The summed E-state index contributed by atoms with van der Waals surface area (Å²) in [6, 6.07) is 33.7. The Bertz CT molecular complexity index is 2250. The van der Waals surface area contributed by atoms with Crippen LogP contribution in [0.5, 0.6) is 0 Å². The average molecular weight is 631 g/mol. The average Bonchev–Trinajstić information content (AvgIpc) is 3.82. The van der Waals surface area contributed by atoms with E-state index in [-0.39, 0.29) is 0 Å². The number of hydrogen-bond donors (Lipinski definition) is 2. The highest BCUT2D eigenvalue weighted by Crippen LogP contribution is 2.24. The van der Waals surface area contributed by atoms with Gasteiger partial charge in [-0.25, -0.2) is 9.97 Å². The number of nitrogens with one attached hydrogen (secondary N) is 2. The van der Waals surface area contributed by atoms with Crippen LogP contribution in [0.25, 0.3) is 33.8 Å². The molecule has 0 aliphatic carbocycles. The van der Waals surface area contributed by atoms with Crippen molar-refractivity contribution in [2.75, 3.05) is 10.6 Å². The first-order valence-electron chi connectivity index (χ1n) is 15.3. The molecular weight excluding hydrogens is 600 g/mol. The lowest BCUT2D eigenvalue weighted by atomic mass is 10.1. The van der Waals surface area contributed by atoms with E-state index in [1.165, 1.54) is 6.20 Å². The molecule has 11 nitrogen and oxygen atoms in total. The van der Waals surface area contributed by atoms with Gasteiger partial charge < -0.3 is 10.6 Å². The van der Waals surface area contributed by atoms with Crippen LogP contribution in [-0.4, -0.2) is 45.5 Å². The van der Waals surface area contributed by atoms with Gasteiger partial charge in [0, 0.05) is 67.2 Å². The van der Waals surface area contributed by atoms with E-state index in [2.05, 4.69) is 52.9 Å². The largest absolute Gasteiger partial charge is 0.366 e. The van der Waals surface area contributed by atoms with Crippen LogP contribution in [0.15, 0.2) is 140 Å². The zero-order valence-electron chi connectivity index (χ0n) is 25.8. The molecule has 0 radical (unpaired) electrons. The fourth-order valence-electron chi connectivity index (χ4n) is 5.13. The SMILES string of the molecule is O=Cc1cnn2c(NCc3cccnc3)cc(-c3ccccc3)nc12.c1ccc(-c2cc(NCc3cccnc3)n3nccc3n2)cc1. The van der Waals surface area contributed by atoms with Crippen LogP contribution in [0.4, 0.5) is 11.6 Å². The van der Waals surface area contributed by atoms with E-state index in [0.717, 1.165) is 57.2 Å². The summed E-state index contributed by atoms with van der Waals surface area (Å²) in [6.07, 6.45) is 11.2. The summed E-state index contributed by atoms with van der Waals surface area (Å²) in [4.78, 5) is 28.8. The predicted molar refractivity (Wildman–Crippen MR) is 185 cm³/mol. The highest BCUT2D eigenvalue weighted by atomic mass is 16.1. The van der Waals surface area contributed by atoms with Crippen LogP contribution < -0.4 is 10.6 Å². The van der Waals surface area contributed by atoms with Gasteiger partial charge in [0.25, 0.3) is 0 Å². The first kappa shape index (κ1) is 29.9. The predicted octanol–water partition coefficient (Wildman–Crippen LogP) is 6.62. The van der Waals surface area contributed by atoms with E-state index in [1.54, 1.807) is 23.1 Å². The van der Waals surface area contributed by atoms with Gasteiger partial charge in [-0.05, 0) is 23.3 Å². The molecule has 0 aliphatic rings. The van der Waals surface area contributed by atoms with Gasteiger partial charge in [0.15, 0.2) is 17.6 Å². The van der Waals surface area contributed by atoms with Crippen LogP contribution in [0, 0.1) is 0 Å². The van der Waals surface area contributed by atoms with Gasteiger partial charge in [-0.3, -0.25) is 14.8 Å². The molecular formula is C37H30N10O. The van der Waals surface area contributed by atoms with E-state index < -0.39 is 0 Å². The fourth-order valence-corrected chi connectivity index (χ4v) is 5.13. The van der Waals surface area contributed by atoms with Crippen LogP contribution >= 0.6 is 0 Å². The number of carbonyl (C=O) groups is 1. The zero-order chi connectivity index (χ0) is 32.5. The third-order valence-corrected chi connectivity index (χ3v) is 7.52. The summed E-state index contributed by atoms with van der Waals surface area (Å²) in [7, 11) is 0. The molecule has 0 aliphatic heterocycles. The summed E-state index contributed by atoms with van der Waals surface area (Å²) in [5, 5.41) is 15.4. The van der Waals surface area contributed by atoms with Gasteiger partial charge in [-0.15, -0.1) is 0 Å². The van der Waals surface area contributed by atoms with E-state index in [4.69, 9.17) is 0 Å². The minimum absolute atomic E-state index is 0.460. The molecule has 48 heavy (non-hydrogen) atoms. The molecule has 0 unspecified atom stereocenters. The van der Waals surface area contributed by atoms with Crippen LogP contribution in [0.3, 0.4) is 0 Å². The normalized spacial score (nSPS) is 10.8. The Morgan fingerprint density at radius 1 is 0.583 bits per heavy atom. The van der Waals surface area contributed by atoms with Crippen LogP contribution in [0.1, 0.15) is 21.5 Å². The van der Waals surface area contributed by atoms with Gasteiger partial charge in [0.05, 0.1) is 29.3 Å². The number of aldehydes is 1. The Balaban J connectivity index is 0.000000152. The first-order valence-corrected chi connectivity index (χ1v) is 15.3. The number of anilines is 2. The minimum Gasteiger partial charge on any atom is -0.366 e. The number of carbonyl (C=O) groups excluding carboxylic acids is 1. The topological polar surface area (TPSA) is 127 Å². The third-order valence-electron chi connectivity index (χ3n) is 7.52. The summed E-state index contributed by atoms with van der Waals surface area (Å²) in [5.41, 5.74) is 7.75. The van der Waals surface area contributed by atoms with Gasteiger partial charge in [-0.2, -0.15) is 19.2 Å². The van der Waals surface area contributed by atoms with Crippen LogP contribution in [0.2, 0.25) is 0 Å². The number of fused-ring (bicyclic) bond motifs is 2. The summed E-state index contributed by atoms with van der Waals surface area (Å²) < 4.78 is 3.45. The van der Waals surface area contributed by atoms with Crippen molar-refractivity contribution in [3.05, 3.63) is 157 Å². The summed E-state index contributed by atoms with van der Waals surface area (Å²) in [6.45, 7) is 1.28. The maximum Gasteiger partial charge on any atom is 0.168 e. The molecule has 0 spiro atoms. The number of aromatic nitrogens is 8. The summed E-state index contributed by atoms with van der Waals surface area (Å²) in [5.74, 6) is 1.67. The molecule has 0 bridgehead atoms. The van der Waals surface area contributed by atoms with Crippen molar-refractivity contribution in [3.8, 4) is 22.5 Å². The Morgan fingerprint density at radius 2 is 1.17 bits per heavy atom. The van der Waals surface area contributed by atoms with Gasteiger partial charge in [-0.1, -0.05) is 72.8 Å². The van der Waals surface area contributed by atoms with E-state index in [1.807, 2.05) is 108 Å². The lowest BCUT2D eigenvalue weighted by Crippen LogP contribution is -2.07. The smallest absolute Gasteiger partial charge is 0.168 e. The second-order valence-corrected chi connectivity index (χ2v) is 10.8. The molecule has 11 heteroatoms. The third kappa shape index (κ3) is 6.75. The monoisotopic (exact) mass is 630 g/mol. The van der Waals surface area contributed by atoms with Crippen molar-refractivity contribution >= 4 is 29.2 Å².